The van der Waals surface area contributed by atoms with E-state index in [1.807, 2.05) is 35.7 Å². The van der Waals surface area contributed by atoms with E-state index in [0.29, 0.717) is 11.7 Å². The van der Waals surface area contributed by atoms with Crippen molar-refractivity contribution in [1.29, 1.82) is 0 Å². The summed E-state index contributed by atoms with van der Waals surface area (Å²) in [6, 6.07) is 11.6. The van der Waals surface area contributed by atoms with Gasteiger partial charge >= 0.3 is 0 Å². The summed E-state index contributed by atoms with van der Waals surface area (Å²) in [6.07, 6.45) is 0. The SMILES string of the molecule is CC(=O)Nc1ccc(SCC(=O)NC(c2cccs2)C(C)C)cc1. The predicted octanol–water partition coefficient (Wildman–Crippen LogP) is 4.31. The first-order valence-electron chi connectivity index (χ1n) is 7.79. The largest absolute Gasteiger partial charge is 0.347 e. The van der Waals surface area contributed by atoms with Crippen LogP contribution in [0.4, 0.5) is 5.69 Å². The third-order valence-corrected chi connectivity index (χ3v) is 5.34. The molecule has 2 aromatic rings. The second-order valence-corrected chi connectivity index (χ2v) is 7.83. The minimum Gasteiger partial charge on any atom is -0.347 e. The molecule has 6 heteroatoms. The van der Waals surface area contributed by atoms with Crippen molar-refractivity contribution in [3.63, 3.8) is 0 Å². The highest BCUT2D eigenvalue weighted by Gasteiger charge is 2.19. The highest BCUT2D eigenvalue weighted by Crippen LogP contribution is 2.26. The number of anilines is 1. The summed E-state index contributed by atoms with van der Waals surface area (Å²) >= 11 is 3.15. The summed E-state index contributed by atoms with van der Waals surface area (Å²) in [5.74, 6) is 0.643. The molecular formula is C18H22N2O2S2. The van der Waals surface area contributed by atoms with E-state index in [1.165, 1.54) is 23.6 Å². The van der Waals surface area contributed by atoms with Gasteiger partial charge in [-0.3, -0.25) is 9.59 Å². The lowest BCUT2D eigenvalue weighted by atomic mass is 10.0. The van der Waals surface area contributed by atoms with E-state index in [2.05, 4.69) is 30.5 Å². The van der Waals surface area contributed by atoms with Crippen LogP contribution in [0.15, 0.2) is 46.7 Å². The molecule has 128 valence electrons. The number of thioether (sulfide) groups is 1. The van der Waals surface area contributed by atoms with Crippen LogP contribution in [0.1, 0.15) is 31.7 Å². The van der Waals surface area contributed by atoms with Gasteiger partial charge in [0.05, 0.1) is 11.8 Å². The number of carbonyl (C=O) groups excluding carboxylic acids is 2. The van der Waals surface area contributed by atoms with Crippen LogP contribution in [0, 0.1) is 5.92 Å². The fourth-order valence-electron chi connectivity index (χ4n) is 2.24. The molecule has 0 saturated heterocycles. The van der Waals surface area contributed by atoms with Gasteiger partial charge in [0.2, 0.25) is 11.8 Å². The van der Waals surface area contributed by atoms with Gasteiger partial charge in [-0.25, -0.2) is 0 Å². The Balaban J connectivity index is 1.87. The van der Waals surface area contributed by atoms with Gasteiger partial charge in [-0.05, 0) is 41.6 Å². The van der Waals surface area contributed by atoms with Gasteiger partial charge in [0.25, 0.3) is 0 Å². The third kappa shape index (κ3) is 5.69. The van der Waals surface area contributed by atoms with Crippen molar-refractivity contribution in [1.82, 2.24) is 5.32 Å². The number of nitrogens with one attached hydrogen (secondary N) is 2. The maximum atomic E-state index is 12.3. The summed E-state index contributed by atoms with van der Waals surface area (Å²) in [6.45, 7) is 5.70. The van der Waals surface area contributed by atoms with E-state index >= 15 is 0 Å². The topological polar surface area (TPSA) is 58.2 Å². The van der Waals surface area contributed by atoms with Crippen molar-refractivity contribution >= 4 is 40.6 Å². The molecule has 0 aliphatic rings. The second kappa shape index (κ2) is 8.89. The van der Waals surface area contributed by atoms with E-state index < -0.39 is 0 Å². The van der Waals surface area contributed by atoms with Crippen molar-refractivity contribution in [3.8, 4) is 0 Å². The molecule has 0 spiro atoms. The Morgan fingerprint density at radius 2 is 1.88 bits per heavy atom. The van der Waals surface area contributed by atoms with Crippen molar-refractivity contribution in [2.24, 2.45) is 5.92 Å². The Morgan fingerprint density at radius 1 is 1.17 bits per heavy atom. The number of benzene rings is 1. The standard InChI is InChI=1S/C18H22N2O2S2/c1-12(2)18(16-5-4-10-23-16)20-17(22)11-24-15-8-6-14(7-9-15)19-13(3)21/h4-10,12,18H,11H2,1-3H3,(H,19,21)(H,20,22). The highest BCUT2D eigenvalue weighted by molar-refractivity contribution is 8.00. The van der Waals surface area contributed by atoms with Crippen LogP contribution in [0.5, 0.6) is 0 Å². The number of carbonyl (C=O) groups is 2. The van der Waals surface area contributed by atoms with Crippen molar-refractivity contribution < 1.29 is 9.59 Å². The van der Waals surface area contributed by atoms with Crippen LogP contribution in [0.25, 0.3) is 0 Å². The Morgan fingerprint density at radius 3 is 2.42 bits per heavy atom. The number of amides is 2. The van der Waals surface area contributed by atoms with E-state index in [0.717, 1.165) is 10.6 Å². The molecule has 0 bridgehead atoms. The maximum absolute atomic E-state index is 12.3. The molecule has 24 heavy (non-hydrogen) atoms. The first-order valence-corrected chi connectivity index (χ1v) is 9.65. The Hall–Kier alpha value is -1.79. The highest BCUT2D eigenvalue weighted by atomic mass is 32.2. The average molecular weight is 363 g/mol. The molecule has 2 rings (SSSR count). The van der Waals surface area contributed by atoms with Gasteiger partial charge in [0.15, 0.2) is 0 Å². The summed E-state index contributed by atoms with van der Waals surface area (Å²) < 4.78 is 0. The van der Waals surface area contributed by atoms with Gasteiger partial charge in [-0.1, -0.05) is 19.9 Å². The number of rotatable bonds is 7. The van der Waals surface area contributed by atoms with Gasteiger partial charge in [0, 0.05) is 22.4 Å². The lowest BCUT2D eigenvalue weighted by Crippen LogP contribution is -2.32. The normalized spacial score (nSPS) is 12.0. The zero-order valence-electron chi connectivity index (χ0n) is 14.0. The van der Waals surface area contributed by atoms with E-state index in [9.17, 15) is 9.59 Å². The summed E-state index contributed by atoms with van der Waals surface area (Å²) in [7, 11) is 0. The van der Waals surface area contributed by atoms with Gasteiger partial charge in [-0.2, -0.15) is 0 Å². The molecule has 2 amide bonds. The number of hydrogen-bond donors (Lipinski definition) is 2. The van der Waals surface area contributed by atoms with E-state index in [4.69, 9.17) is 0 Å². The molecule has 4 nitrogen and oxygen atoms in total. The van der Waals surface area contributed by atoms with Crippen LogP contribution in [0.3, 0.4) is 0 Å². The van der Waals surface area contributed by atoms with E-state index in [-0.39, 0.29) is 17.9 Å². The Kier molecular flexibility index (Phi) is 6.87. The zero-order valence-corrected chi connectivity index (χ0v) is 15.7. The molecule has 1 atom stereocenters. The minimum absolute atomic E-state index is 0.0260. The smallest absolute Gasteiger partial charge is 0.230 e. The molecule has 0 aliphatic heterocycles. The summed E-state index contributed by atoms with van der Waals surface area (Å²) in [4.78, 5) is 25.4. The van der Waals surface area contributed by atoms with Gasteiger partial charge in [-0.15, -0.1) is 23.1 Å². The molecule has 1 aromatic heterocycles. The molecule has 0 fully saturated rings. The molecule has 0 saturated carbocycles. The van der Waals surface area contributed by atoms with Crippen LogP contribution in [0.2, 0.25) is 0 Å². The summed E-state index contributed by atoms with van der Waals surface area (Å²) in [5.41, 5.74) is 0.758. The lowest BCUT2D eigenvalue weighted by Gasteiger charge is -2.21. The number of thiophene rings is 1. The Bertz CT molecular complexity index is 667. The fourth-order valence-corrected chi connectivity index (χ4v) is 3.90. The van der Waals surface area contributed by atoms with Crippen LogP contribution >= 0.6 is 23.1 Å². The first-order chi connectivity index (χ1) is 11.5. The van der Waals surface area contributed by atoms with Gasteiger partial charge < -0.3 is 10.6 Å². The molecular weight excluding hydrogens is 340 g/mol. The molecule has 2 N–H and O–H groups in total. The zero-order chi connectivity index (χ0) is 17.5. The molecule has 1 heterocycles. The van der Waals surface area contributed by atoms with Gasteiger partial charge in [0.1, 0.15) is 0 Å². The van der Waals surface area contributed by atoms with E-state index in [1.54, 1.807) is 11.3 Å². The summed E-state index contributed by atoms with van der Waals surface area (Å²) in [5, 5.41) is 7.87. The van der Waals surface area contributed by atoms with Crippen LogP contribution in [-0.2, 0) is 9.59 Å². The fraction of sp³-hybridized carbons (Fsp3) is 0.333. The first kappa shape index (κ1) is 18.5. The van der Waals surface area contributed by atoms with Crippen molar-refractivity contribution in [2.45, 2.75) is 31.7 Å². The third-order valence-electron chi connectivity index (χ3n) is 3.38. The molecule has 0 radical (unpaired) electrons. The molecule has 1 aromatic carbocycles. The maximum Gasteiger partial charge on any atom is 0.230 e. The lowest BCUT2D eigenvalue weighted by molar-refractivity contribution is -0.119. The van der Waals surface area contributed by atoms with Crippen molar-refractivity contribution in [2.75, 3.05) is 11.1 Å². The number of hydrogen-bond acceptors (Lipinski definition) is 4. The average Bonchev–Trinajstić information content (AvgIpc) is 3.05. The second-order valence-electron chi connectivity index (χ2n) is 5.80. The minimum atomic E-state index is -0.0944. The van der Waals surface area contributed by atoms with Crippen LogP contribution in [-0.4, -0.2) is 17.6 Å². The predicted molar refractivity (Wildman–Crippen MR) is 102 cm³/mol. The molecule has 0 aliphatic carbocycles. The van der Waals surface area contributed by atoms with Crippen molar-refractivity contribution in [3.05, 3.63) is 46.7 Å². The van der Waals surface area contributed by atoms with Crippen LogP contribution < -0.4 is 10.6 Å². The quantitative estimate of drug-likeness (QED) is 0.722. The monoisotopic (exact) mass is 362 g/mol. The Labute approximate surface area is 151 Å². The molecule has 1 unspecified atom stereocenters.